The van der Waals surface area contributed by atoms with E-state index in [-0.39, 0.29) is 48.6 Å². The van der Waals surface area contributed by atoms with Gasteiger partial charge in [-0.15, -0.1) is 0 Å². The van der Waals surface area contributed by atoms with E-state index in [0.29, 0.717) is 63.1 Å². The number of amides is 4. The Balaban J connectivity index is 0.628. The number of halogens is 1. The molecule has 1 unspecified atom stereocenters. The van der Waals surface area contributed by atoms with E-state index < -0.39 is 17.9 Å². The Morgan fingerprint density at radius 1 is 0.807 bits per heavy atom. The predicted molar refractivity (Wildman–Crippen MR) is 320 cm³/mol. The topological polar surface area (TPSA) is 148 Å². The number of carbonyl (C=O) groups is 4. The van der Waals surface area contributed by atoms with Crippen LogP contribution in [0.2, 0.25) is 0 Å². The van der Waals surface area contributed by atoms with E-state index in [4.69, 9.17) is 14.2 Å². The van der Waals surface area contributed by atoms with Crippen molar-refractivity contribution in [3.63, 3.8) is 0 Å². The highest BCUT2D eigenvalue weighted by Gasteiger charge is 2.50. The summed E-state index contributed by atoms with van der Waals surface area (Å²) in [5.74, 6) is 6.17. The first-order valence-electron chi connectivity index (χ1n) is 29.6. The molecule has 9 rings (SSSR count). The van der Waals surface area contributed by atoms with Gasteiger partial charge in [0.2, 0.25) is 12.3 Å². The number of nitrogens with zero attached hydrogens (tertiary/aromatic N) is 6. The number of piperidine rings is 2. The molecule has 4 aliphatic rings. The van der Waals surface area contributed by atoms with Gasteiger partial charge in [-0.1, -0.05) is 96.8 Å². The van der Waals surface area contributed by atoms with Crippen molar-refractivity contribution in [2.24, 2.45) is 0 Å². The maximum atomic E-state index is 13.9. The normalized spacial score (nSPS) is 19.2. The number of likely N-dealkylation sites (N-methyl/N-ethyl adjacent to an activating group) is 2. The summed E-state index contributed by atoms with van der Waals surface area (Å²) in [4.78, 5) is 62.7. The Labute approximate surface area is 489 Å². The lowest BCUT2D eigenvalue weighted by Gasteiger charge is -2.44. The zero-order valence-corrected chi connectivity index (χ0v) is 48.6. The van der Waals surface area contributed by atoms with Gasteiger partial charge >= 0.3 is 6.09 Å². The fourth-order valence-corrected chi connectivity index (χ4v) is 12.3. The fraction of sp³-hybridized carbons (Fsp3) is 0.463. The number of hydrogen-bond donors (Lipinski definition) is 2. The molecule has 3 saturated heterocycles. The number of hydrogen-bond acceptors (Lipinski definition) is 11. The molecule has 3 atom stereocenters. The van der Waals surface area contributed by atoms with Crippen molar-refractivity contribution in [1.29, 1.82) is 0 Å². The van der Waals surface area contributed by atoms with E-state index in [9.17, 15) is 28.7 Å². The number of nitrogens with one attached hydrogen (secondary N) is 1. The molecular weight excluding hydrogens is 1050 g/mol. The van der Waals surface area contributed by atoms with Crippen molar-refractivity contribution >= 4 is 30.0 Å². The first kappa shape index (κ1) is 60.6. The highest BCUT2D eigenvalue weighted by Crippen LogP contribution is 2.48. The van der Waals surface area contributed by atoms with Crippen LogP contribution >= 0.6 is 0 Å². The molecule has 15 nitrogen and oxygen atoms in total. The summed E-state index contributed by atoms with van der Waals surface area (Å²) in [7, 11) is 5.54. The number of aliphatic hydroxyl groups excluding tert-OH is 1. The maximum absolute atomic E-state index is 13.9. The van der Waals surface area contributed by atoms with Crippen molar-refractivity contribution in [2.45, 2.75) is 100 Å². The molecule has 1 aliphatic carbocycles. The molecule has 0 bridgehead atoms. The average Bonchev–Trinajstić information content (AvgIpc) is 2.77. The zero-order valence-electron chi connectivity index (χ0n) is 48.6. The molecule has 5 aromatic rings. The molecule has 83 heavy (non-hydrogen) atoms. The van der Waals surface area contributed by atoms with Crippen LogP contribution in [-0.2, 0) is 41.2 Å². The Bertz CT molecular complexity index is 2990. The monoisotopic (exact) mass is 1130 g/mol. The molecule has 0 saturated carbocycles. The number of para-hydroxylation sites is 1. The fourth-order valence-electron chi connectivity index (χ4n) is 12.3. The quantitative estimate of drug-likeness (QED) is 0.0264. The van der Waals surface area contributed by atoms with Crippen LogP contribution in [0.5, 0.6) is 0 Å². The lowest BCUT2D eigenvalue weighted by atomic mass is 9.72. The number of rotatable bonds is 24. The average molecular weight is 1130 g/mol. The van der Waals surface area contributed by atoms with Gasteiger partial charge < -0.3 is 43.8 Å². The van der Waals surface area contributed by atoms with E-state index in [0.717, 1.165) is 113 Å². The third-order valence-electron chi connectivity index (χ3n) is 17.5. The van der Waals surface area contributed by atoms with Crippen LogP contribution in [0.4, 0.5) is 14.9 Å². The lowest BCUT2D eigenvalue weighted by molar-refractivity contribution is -0.130. The van der Waals surface area contributed by atoms with Gasteiger partial charge in [0.1, 0.15) is 30.5 Å². The molecule has 1 spiro atoms. The van der Waals surface area contributed by atoms with Crippen LogP contribution in [-0.4, -0.2) is 177 Å². The van der Waals surface area contributed by atoms with E-state index in [1.54, 1.807) is 33.9 Å². The van der Waals surface area contributed by atoms with Crippen LogP contribution in [0.15, 0.2) is 127 Å². The molecular formula is C67H82FN7O8. The lowest BCUT2D eigenvalue weighted by Crippen LogP contribution is -2.50. The first-order chi connectivity index (χ1) is 40.3. The van der Waals surface area contributed by atoms with Crippen LogP contribution in [0.25, 0.3) is 11.1 Å². The number of anilines is 1. The van der Waals surface area contributed by atoms with Crippen molar-refractivity contribution < 1.29 is 42.9 Å². The molecule has 3 heterocycles. The number of fused-ring (bicyclic) bond motifs is 2. The standard InChI is InChI=1S/C67H82FN7O8/c1-70(63(78)47-81-61-46-54-19-11-13-21-59(54)66(61)34-41-74(42-35-66)43-36-67(48-75(49-76)50-82-67)55-28-30-56(68)31-29-55)37-15-38-72(3)64(79)53-26-24-51(25-27-53)16-7-4-5-10-23-62(77)71(2)44-45-73-39-32-57(33-40-73)83-65(80)69-60-22-14-12-20-58(60)52-17-8-6-9-18-52/h6,8-9,11-14,17-22,24-31,49,57,61,63,78H,4-5,10,15,23,32-48,50H2,1-3H3,(H,69,80)/t61-,63?,67-/m0/s1. The van der Waals surface area contributed by atoms with Gasteiger partial charge in [0.05, 0.1) is 24.9 Å². The summed E-state index contributed by atoms with van der Waals surface area (Å²) >= 11 is 0. The second kappa shape index (κ2) is 29.0. The third kappa shape index (κ3) is 15.8. The molecule has 4 amide bonds. The Hall–Kier alpha value is -6.97. The van der Waals surface area contributed by atoms with Gasteiger partial charge in [-0.2, -0.15) is 0 Å². The molecule has 16 heteroatoms. The second-order valence-electron chi connectivity index (χ2n) is 23.0. The largest absolute Gasteiger partial charge is 0.446 e. The number of unbranched alkanes of at least 4 members (excludes halogenated alkanes) is 2. The Kier molecular flexibility index (Phi) is 21.2. The van der Waals surface area contributed by atoms with Crippen LogP contribution in [0, 0.1) is 17.7 Å². The molecule has 5 aromatic carbocycles. The van der Waals surface area contributed by atoms with Crippen molar-refractivity contribution in [3.8, 4) is 23.0 Å². The van der Waals surface area contributed by atoms with Gasteiger partial charge in [0, 0.05) is 94.9 Å². The van der Waals surface area contributed by atoms with Crippen molar-refractivity contribution in [1.82, 2.24) is 29.4 Å². The molecule has 2 N–H and O–H groups in total. The van der Waals surface area contributed by atoms with Gasteiger partial charge in [-0.3, -0.25) is 24.6 Å². The van der Waals surface area contributed by atoms with E-state index in [1.807, 2.05) is 97.9 Å². The summed E-state index contributed by atoms with van der Waals surface area (Å²) in [6.45, 7) is 7.42. The molecule has 3 fully saturated rings. The summed E-state index contributed by atoms with van der Waals surface area (Å²) in [6, 6.07) is 40.1. The number of likely N-dealkylation sites (tertiary alicyclic amines) is 2. The minimum Gasteiger partial charge on any atom is -0.446 e. The van der Waals surface area contributed by atoms with Gasteiger partial charge in [-0.25, -0.2) is 9.18 Å². The maximum Gasteiger partial charge on any atom is 0.411 e. The van der Waals surface area contributed by atoms with Crippen molar-refractivity contribution in [2.75, 3.05) is 105 Å². The van der Waals surface area contributed by atoms with Crippen LogP contribution < -0.4 is 5.32 Å². The summed E-state index contributed by atoms with van der Waals surface area (Å²) in [6.07, 6.45) is 7.47. The molecule has 440 valence electrons. The van der Waals surface area contributed by atoms with E-state index in [2.05, 4.69) is 51.2 Å². The summed E-state index contributed by atoms with van der Waals surface area (Å²) in [5, 5.41) is 14.3. The minimum absolute atomic E-state index is 0.0764. The third-order valence-corrected chi connectivity index (χ3v) is 17.5. The number of aliphatic hydroxyl groups is 1. The summed E-state index contributed by atoms with van der Waals surface area (Å²) in [5.41, 5.74) is 6.74. The number of benzene rings is 5. The minimum atomic E-state index is -0.812. The van der Waals surface area contributed by atoms with Gasteiger partial charge in [0.15, 0.2) is 0 Å². The van der Waals surface area contributed by atoms with E-state index >= 15 is 0 Å². The second-order valence-corrected chi connectivity index (χ2v) is 23.0. The Morgan fingerprint density at radius 2 is 1.52 bits per heavy atom. The molecule has 3 aliphatic heterocycles. The Morgan fingerprint density at radius 3 is 2.27 bits per heavy atom. The molecule has 0 radical (unpaired) electrons. The van der Waals surface area contributed by atoms with Crippen LogP contribution in [0.1, 0.15) is 96.8 Å². The molecule has 0 aromatic heterocycles. The van der Waals surface area contributed by atoms with E-state index in [1.165, 1.54) is 23.3 Å². The van der Waals surface area contributed by atoms with Crippen LogP contribution in [0.3, 0.4) is 0 Å². The SMILES string of the molecule is CN(CCN1CCC(OC(=O)Nc2ccccc2-c2ccccc2)CC1)C(=O)CCCCC#Cc1ccc(C(=O)N(C)CCCN(C)C(O)CO[C@H]2Cc3ccccc3C23CCN(CC[C@@]2(c4ccc(F)cc4)CN(C=O)CO2)CC3)cc1. The predicted octanol–water partition coefficient (Wildman–Crippen LogP) is 9.00. The number of ether oxygens (including phenoxy) is 3. The van der Waals surface area contributed by atoms with Crippen molar-refractivity contribution in [3.05, 3.63) is 161 Å². The first-order valence-corrected chi connectivity index (χ1v) is 29.6. The smallest absolute Gasteiger partial charge is 0.411 e. The van der Waals surface area contributed by atoms with Gasteiger partial charge in [-0.05, 0) is 143 Å². The highest BCUT2D eigenvalue weighted by molar-refractivity contribution is 5.94. The summed E-state index contributed by atoms with van der Waals surface area (Å²) < 4.78 is 32.6. The highest BCUT2D eigenvalue weighted by atomic mass is 19.1. The zero-order chi connectivity index (χ0) is 58.2. The van der Waals surface area contributed by atoms with Gasteiger partial charge in [0.25, 0.3) is 5.91 Å². The number of carbonyl (C=O) groups excluding carboxylic acids is 4.